The first-order valence-electron chi connectivity index (χ1n) is 8.98. The van der Waals surface area contributed by atoms with E-state index >= 15 is 0 Å². The Morgan fingerprint density at radius 2 is 1.87 bits per heavy atom. The van der Waals surface area contributed by atoms with Crippen LogP contribution in [0.2, 0.25) is 0 Å². The van der Waals surface area contributed by atoms with Crippen LogP contribution in [-0.4, -0.2) is 25.6 Å². The van der Waals surface area contributed by atoms with E-state index in [2.05, 4.69) is 41.9 Å². The Kier molecular flexibility index (Phi) is 8.63. The third kappa shape index (κ3) is 6.44. The molecule has 2 rings (SSSR count). The normalized spacial score (nSPS) is 11.0. The number of methoxy groups -OCH3 is 1. The van der Waals surface area contributed by atoms with E-state index in [-0.39, 0.29) is 5.57 Å². The van der Waals surface area contributed by atoms with Crippen LogP contribution in [0.3, 0.4) is 0 Å². The Bertz CT molecular complexity index is 1010. The summed E-state index contributed by atoms with van der Waals surface area (Å²) in [6.07, 6.45) is 1.48. The molecule has 0 heterocycles. The number of anilines is 1. The van der Waals surface area contributed by atoms with Crippen molar-refractivity contribution in [1.82, 2.24) is 0 Å². The van der Waals surface area contributed by atoms with Crippen molar-refractivity contribution < 1.29 is 19.1 Å². The summed E-state index contributed by atoms with van der Waals surface area (Å²) in [6, 6.07) is 11.7. The zero-order chi connectivity index (χ0) is 22.3. The highest BCUT2D eigenvalue weighted by Crippen LogP contribution is 2.34. The maximum absolute atomic E-state index is 12.6. The van der Waals surface area contributed by atoms with Gasteiger partial charge in [-0.25, -0.2) is 4.79 Å². The van der Waals surface area contributed by atoms with Gasteiger partial charge in [0, 0.05) is 15.7 Å². The predicted molar refractivity (Wildman–Crippen MR) is 122 cm³/mol. The molecule has 0 radical (unpaired) electrons. The van der Waals surface area contributed by atoms with Crippen LogP contribution in [0.1, 0.15) is 29.8 Å². The van der Waals surface area contributed by atoms with Gasteiger partial charge in [-0.2, -0.15) is 5.26 Å². The van der Waals surface area contributed by atoms with Crippen molar-refractivity contribution in [2.75, 3.05) is 19.0 Å². The fourth-order valence-electron chi connectivity index (χ4n) is 2.40. The lowest BCUT2D eigenvalue weighted by Crippen LogP contribution is -2.14. The van der Waals surface area contributed by atoms with E-state index in [0.29, 0.717) is 39.6 Å². The molecule has 0 aliphatic rings. The van der Waals surface area contributed by atoms with Crippen LogP contribution < -0.4 is 10.1 Å². The molecule has 0 atom stereocenters. The van der Waals surface area contributed by atoms with Crippen LogP contribution >= 0.6 is 31.9 Å². The minimum Gasteiger partial charge on any atom is -0.492 e. The van der Waals surface area contributed by atoms with Crippen molar-refractivity contribution in [2.45, 2.75) is 13.8 Å². The fourth-order valence-corrected chi connectivity index (χ4v) is 3.77. The lowest BCUT2D eigenvalue weighted by Gasteiger charge is -2.14. The number of nitrogens with one attached hydrogen (secondary N) is 1. The Hall–Kier alpha value is -2.63. The lowest BCUT2D eigenvalue weighted by atomic mass is 10.1. The molecule has 156 valence electrons. The molecule has 0 aliphatic carbocycles. The second-order valence-corrected chi connectivity index (χ2v) is 8.47. The molecule has 6 nitrogen and oxygen atoms in total. The first-order chi connectivity index (χ1) is 14.2. The summed E-state index contributed by atoms with van der Waals surface area (Å²) >= 11 is 6.89. The monoisotopic (exact) mass is 534 g/mol. The van der Waals surface area contributed by atoms with Crippen LogP contribution in [0.4, 0.5) is 5.69 Å². The zero-order valence-corrected chi connectivity index (χ0v) is 19.8. The van der Waals surface area contributed by atoms with Gasteiger partial charge >= 0.3 is 5.97 Å². The standard InChI is InChI=1S/C22H20Br2N2O4/c1-13(2)12-30-20-15(9-17(23)10-19(20)24)8-16(11-25)21(27)26-18-6-4-14(5-7-18)22(28)29-3/h4-10,13H,12H2,1-3H3,(H,26,27)/b16-8+. The molecule has 0 unspecified atom stereocenters. The third-order valence-corrected chi connectivity index (χ3v) is 4.87. The number of hydrogen-bond acceptors (Lipinski definition) is 5. The van der Waals surface area contributed by atoms with E-state index in [1.54, 1.807) is 18.2 Å². The molecule has 8 heteroatoms. The summed E-state index contributed by atoms with van der Waals surface area (Å²) in [5, 5.41) is 12.2. The maximum atomic E-state index is 12.6. The summed E-state index contributed by atoms with van der Waals surface area (Å²) in [5.74, 6) is -0.187. The van der Waals surface area contributed by atoms with Gasteiger partial charge in [0.05, 0.1) is 23.8 Å². The van der Waals surface area contributed by atoms with Gasteiger partial charge in [-0.15, -0.1) is 0 Å². The first kappa shape index (κ1) is 23.6. The molecule has 0 aliphatic heterocycles. The average molecular weight is 536 g/mol. The Morgan fingerprint density at radius 1 is 1.20 bits per heavy atom. The van der Waals surface area contributed by atoms with Crippen molar-refractivity contribution in [3.8, 4) is 11.8 Å². The quantitative estimate of drug-likeness (QED) is 0.284. The highest BCUT2D eigenvalue weighted by atomic mass is 79.9. The number of amides is 1. The number of nitrogens with zero attached hydrogens (tertiary/aromatic N) is 1. The minimum atomic E-state index is -0.575. The van der Waals surface area contributed by atoms with Gasteiger partial charge in [0.25, 0.3) is 5.91 Å². The molecule has 1 amide bonds. The molecular weight excluding hydrogens is 516 g/mol. The van der Waals surface area contributed by atoms with Gasteiger partial charge < -0.3 is 14.8 Å². The molecule has 30 heavy (non-hydrogen) atoms. The number of ether oxygens (including phenoxy) is 2. The number of carbonyl (C=O) groups excluding carboxylic acids is 2. The Morgan fingerprint density at radius 3 is 2.43 bits per heavy atom. The minimum absolute atomic E-state index is 0.0913. The van der Waals surface area contributed by atoms with Crippen molar-refractivity contribution >= 4 is 55.5 Å². The van der Waals surface area contributed by atoms with Gasteiger partial charge in [0.15, 0.2) is 0 Å². The van der Waals surface area contributed by atoms with E-state index in [1.807, 2.05) is 26.0 Å². The van der Waals surface area contributed by atoms with Crippen LogP contribution in [0.25, 0.3) is 6.08 Å². The second-order valence-electron chi connectivity index (χ2n) is 6.70. The highest BCUT2D eigenvalue weighted by molar-refractivity contribution is 9.11. The van der Waals surface area contributed by atoms with Crippen molar-refractivity contribution in [2.24, 2.45) is 5.92 Å². The van der Waals surface area contributed by atoms with Crippen molar-refractivity contribution in [1.29, 1.82) is 5.26 Å². The van der Waals surface area contributed by atoms with Gasteiger partial charge in [-0.3, -0.25) is 4.79 Å². The van der Waals surface area contributed by atoms with Gasteiger partial charge in [0.2, 0.25) is 0 Å². The molecule has 0 spiro atoms. The maximum Gasteiger partial charge on any atom is 0.337 e. The number of carbonyl (C=O) groups is 2. The summed E-state index contributed by atoms with van der Waals surface area (Å²) in [5.41, 5.74) is 1.30. The molecule has 0 bridgehead atoms. The van der Waals surface area contributed by atoms with Crippen molar-refractivity contribution in [3.63, 3.8) is 0 Å². The van der Waals surface area contributed by atoms with E-state index in [4.69, 9.17) is 4.74 Å². The SMILES string of the molecule is COC(=O)c1ccc(NC(=O)/C(C#N)=C/c2cc(Br)cc(Br)c2OCC(C)C)cc1. The van der Waals surface area contributed by atoms with Gasteiger partial charge in [-0.05, 0) is 64.3 Å². The fraction of sp³-hybridized carbons (Fsp3) is 0.227. The number of benzene rings is 2. The Balaban J connectivity index is 2.29. The van der Waals surface area contributed by atoms with Crippen molar-refractivity contribution in [3.05, 3.63) is 62.0 Å². The number of halogens is 2. The largest absolute Gasteiger partial charge is 0.492 e. The molecule has 0 aromatic heterocycles. The molecule has 0 saturated carbocycles. The zero-order valence-electron chi connectivity index (χ0n) is 16.7. The van der Waals surface area contributed by atoms with Crippen LogP contribution in [0.15, 0.2) is 50.9 Å². The smallest absolute Gasteiger partial charge is 0.337 e. The lowest BCUT2D eigenvalue weighted by molar-refractivity contribution is -0.112. The van der Waals surface area contributed by atoms with E-state index < -0.39 is 11.9 Å². The Labute approximate surface area is 192 Å². The molecule has 2 aromatic rings. The summed E-state index contributed by atoms with van der Waals surface area (Å²) in [4.78, 5) is 24.1. The first-order valence-corrected chi connectivity index (χ1v) is 10.6. The molecular formula is C22H20Br2N2O4. The summed E-state index contributed by atoms with van der Waals surface area (Å²) in [7, 11) is 1.29. The molecule has 1 N–H and O–H groups in total. The third-order valence-electron chi connectivity index (χ3n) is 3.83. The van der Waals surface area contributed by atoms with E-state index in [1.165, 1.54) is 25.3 Å². The van der Waals surface area contributed by atoms with E-state index in [9.17, 15) is 14.9 Å². The van der Waals surface area contributed by atoms with Gasteiger partial charge in [-0.1, -0.05) is 29.8 Å². The number of rotatable bonds is 7. The topological polar surface area (TPSA) is 88.4 Å². The molecule has 2 aromatic carbocycles. The predicted octanol–water partition coefficient (Wildman–Crippen LogP) is 5.58. The second kappa shape index (κ2) is 11.0. The molecule has 0 saturated heterocycles. The van der Waals surface area contributed by atoms with Crippen LogP contribution in [0.5, 0.6) is 5.75 Å². The number of nitriles is 1. The summed E-state index contributed by atoms with van der Waals surface area (Å²) in [6.45, 7) is 4.55. The summed E-state index contributed by atoms with van der Waals surface area (Å²) < 4.78 is 12.0. The van der Waals surface area contributed by atoms with Gasteiger partial charge in [0.1, 0.15) is 17.4 Å². The number of esters is 1. The van der Waals surface area contributed by atoms with Crippen LogP contribution in [-0.2, 0) is 9.53 Å². The highest BCUT2D eigenvalue weighted by Gasteiger charge is 2.15. The number of hydrogen-bond donors (Lipinski definition) is 1. The van der Waals surface area contributed by atoms with E-state index in [0.717, 1.165) is 4.47 Å². The average Bonchev–Trinajstić information content (AvgIpc) is 2.70. The van der Waals surface area contributed by atoms with Crippen LogP contribution in [0, 0.1) is 17.2 Å². The molecule has 0 fully saturated rings.